The van der Waals surface area contributed by atoms with E-state index in [9.17, 15) is 4.79 Å². The summed E-state index contributed by atoms with van der Waals surface area (Å²) in [6.45, 7) is 7.76. The minimum atomic E-state index is -0.0572. The first-order valence-electron chi connectivity index (χ1n) is 7.19. The quantitative estimate of drug-likeness (QED) is 0.647. The summed E-state index contributed by atoms with van der Waals surface area (Å²) >= 11 is 0. The maximum atomic E-state index is 12.6. The summed E-state index contributed by atoms with van der Waals surface area (Å²) in [6, 6.07) is 0. The minimum Gasteiger partial charge on any atom is -0.337 e. The number of hydrazine groups is 1. The lowest BCUT2D eigenvalue weighted by Gasteiger charge is -2.18. The van der Waals surface area contributed by atoms with Crippen molar-refractivity contribution in [2.75, 3.05) is 18.5 Å². The molecule has 0 bridgehead atoms. The van der Waals surface area contributed by atoms with Crippen LogP contribution in [0.3, 0.4) is 0 Å². The van der Waals surface area contributed by atoms with Gasteiger partial charge in [0.15, 0.2) is 5.69 Å². The van der Waals surface area contributed by atoms with Crippen molar-refractivity contribution in [2.24, 2.45) is 11.8 Å². The van der Waals surface area contributed by atoms with Crippen LogP contribution in [0.4, 0.5) is 5.69 Å². The van der Waals surface area contributed by atoms with Gasteiger partial charge in [0, 0.05) is 19.0 Å². The molecule has 3 N–H and O–H groups in total. The van der Waals surface area contributed by atoms with Gasteiger partial charge in [-0.15, -0.1) is 0 Å². The van der Waals surface area contributed by atoms with Crippen LogP contribution in [-0.4, -0.2) is 33.9 Å². The van der Waals surface area contributed by atoms with Gasteiger partial charge in [0.05, 0.1) is 11.9 Å². The van der Waals surface area contributed by atoms with Gasteiger partial charge in [-0.3, -0.25) is 10.6 Å². The molecule has 1 saturated heterocycles. The Balaban J connectivity index is 2.26. The van der Waals surface area contributed by atoms with Crippen molar-refractivity contribution in [2.45, 2.75) is 39.5 Å². The fourth-order valence-electron chi connectivity index (χ4n) is 2.44. The molecule has 1 fully saturated rings. The fourth-order valence-corrected chi connectivity index (χ4v) is 2.44. The fraction of sp³-hybridized carbons (Fsp3) is 0.643. The Hall–Kier alpha value is -1.69. The Labute approximate surface area is 119 Å². The summed E-state index contributed by atoms with van der Waals surface area (Å²) < 4.78 is 0. The lowest BCUT2D eigenvalue weighted by atomic mass is 10.1. The molecule has 1 unspecified atom stereocenters. The monoisotopic (exact) mass is 277 g/mol. The van der Waals surface area contributed by atoms with Crippen molar-refractivity contribution in [3.63, 3.8) is 0 Å². The zero-order valence-electron chi connectivity index (χ0n) is 12.4. The van der Waals surface area contributed by atoms with Gasteiger partial charge < -0.3 is 10.3 Å². The third kappa shape index (κ3) is 2.90. The standard InChI is InChI=1S/C14H23N5O/c1-4-10-5-6-19(8-10)14(20)12-11(18-15)7-16-13(17-12)9(2)3/h7,9-10,18H,4-6,8,15H2,1-3H3. The molecule has 1 atom stereocenters. The molecule has 0 aliphatic carbocycles. The summed E-state index contributed by atoms with van der Waals surface area (Å²) in [7, 11) is 0. The van der Waals surface area contributed by atoms with Crippen LogP contribution in [0.25, 0.3) is 0 Å². The molecule has 20 heavy (non-hydrogen) atoms. The van der Waals surface area contributed by atoms with Crippen LogP contribution in [0.15, 0.2) is 6.20 Å². The first-order chi connectivity index (χ1) is 9.56. The lowest BCUT2D eigenvalue weighted by molar-refractivity contribution is 0.0781. The highest BCUT2D eigenvalue weighted by atomic mass is 16.2. The Kier molecular flexibility index (Phi) is 4.54. The van der Waals surface area contributed by atoms with E-state index < -0.39 is 0 Å². The van der Waals surface area contributed by atoms with Gasteiger partial charge in [0.2, 0.25) is 0 Å². The number of nitrogens with zero attached hydrogens (tertiary/aromatic N) is 3. The Morgan fingerprint density at radius 3 is 2.90 bits per heavy atom. The Morgan fingerprint density at radius 2 is 2.35 bits per heavy atom. The van der Waals surface area contributed by atoms with E-state index in [2.05, 4.69) is 22.3 Å². The van der Waals surface area contributed by atoms with Crippen molar-refractivity contribution in [1.82, 2.24) is 14.9 Å². The average molecular weight is 277 g/mol. The highest BCUT2D eigenvalue weighted by molar-refractivity contribution is 5.97. The van der Waals surface area contributed by atoms with E-state index in [4.69, 9.17) is 5.84 Å². The number of anilines is 1. The van der Waals surface area contributed by atoms with Gasteiger partial charge in [-0.05, 0) is 12.3 Å². The van der Waals surface area contributed by atoms with Crippen molar-refractivity contribution in [1.29, 1.82) is 0 Å². The number of carbonyl (C=O) groups excluding carboxylic acids is 1. The molecule has 1 aliphatic heterocycles. The maximum absolute atomic E-state index is 12.6. The predicted molar refractivity (Wildman–Crippen MR) is 78.2 cm³/mol. The number of carbonyl (C=O) groups is 1. The van der Waals surface area contributed by atoms with Gasteiger partial charge >= 0.3 is 0 Å². The maximum Gasteiger partial charge on any atom is 0.274 e. The summed E-state index contributed by atoms with van der Waals surface area (Å²) in [4.78, 5) is 23.1. The second-order valence-corrected chi connectivity index (χ2v) is 5.60. The molecule has 6 nitrogen and oxygen atoms in total. The number of nitrogens with one attached hydrogen (secondary N) is 1. The Bertz CT molecular complexity index is 488. The molecule has 2 heterocycles. The molecule has 0 aromatic carbocycles. The molecule has 0 spiro atoms. The summed E-state index contributed by atoms with van der Waals surface area (Å²) in [5.41, 5.74) is 3.38. The van der Waals surface area contributed by atoms with E-state index in [1.807, 2.05) is 18.7 Å². The molecule has 0 saturated carbocycles. The van der Waals surface area contributed by atoms with Gasteiger partial charge in [0.1, 0.15) is 5.82 Å². The molecule has 1 aromatic rings. The summed E-state index contributed by atoms with van der Waals surface area (Å²) in [5, 5.41) is 0. The predicted octanol–water partition coefficient (Wildman–Crippen LogP) is 1.76. The SMILES string of the molecule is CCC1CCN(C(=O)c2nc(C(C)C)ncc2NN)C1. The molecular weight excluding hydrogens is 254 g/mol. The molecule has 0 radical (unpaired) electrons. The van der Waals surface area contributed by atoms with Crippen molar-refractivity contribution in [3.8, 4) is 0 Å². The van der Waals surface area contributed by atoms with Gasteiger partial charge in [0.25, 0.3) is 5.91 Å². The van der Waals surface area contributed by atoms with Gasteiger partial charge in [-0.1, -0.05) is 27.2 Å². The highest BCUT2D eigenvalue weighted by Gasteiger charge is 2.28. The topological polar surface area (TPSA) is 84.1 Å². The van der Waals surface area contributed by atoms with E-state index in [-0.39, 0.29) is 11.8 Å². The largest absolute Gasteiger partial charge is 0.337 e. The molecule has 110 valence electrons. The summed E-state index contributed by atoms with van der Waals surface area (Å²) in [5.74, 6) is 6.85. The average Bonchev–Trinajstić information content (AvgIpc) is 2.94. The normalized spacial score (nSPS) is 18.6. The van der Waals surface area contributed by atoms with Crippen LogP contribution in [0.1, 0.15) is 55.8 Å². The number of rotatable bonds is 4. The van der Waals surface area contributed by atoms with E-state index in [1.165, 1.54) is 0 Å². The number of hydrogen-bond acceptors (Lipinski definition) is 5. The van der Waals surface area contributed by atoms with Crippen molar-refractivity contribution in [3.05, 3.63) is 17.7 Å². The number of nitrogens with two attached hydrogens (primary N) is 1. The minimum absolute atomic E-state index is 0.0572. The molecular formula is C14H23N5O. The van der Waals surface area contributed by atoms with Crippen LogP contribution in [-0.2, 0) is 0 Å². The smallest absolute Gasteiger partial charge is 0.274 e. The van der Waals surface area contributed by atoms with Crippen LogP contribution in [0.2, 0.25) is 0 Å². The van der Waals surface area contributed by atoms with E-state index in [0.29, 0.717) is 23.1 Å². The molecule has 1 aliphatic rings. The van der Waals surface area contributed by atoms with Crippen LogP contribution in [0, 0.1) is 5.92 Å². The third-order valence-electron chi connectivity index (χ3n) is 3.83. The molecule has 6 heteroatoms. The van der Waals surface area contributed by atoms with Crippen LogP contribution in [0.5, 0.6) is 0 Å². The second kappa shape index (κ2) is 6.17. The van der Waals surface area contributed by atoms with Gasteiger partial charge in [-0.25, -0.2) is 9.97 Å². The number of amides is 1. The molecule has 1 aromatic heterocycles. The zero-order chi connectivity index (χ0) is 14.7. The lowest BCUT2D eigenvalue weighted by Crippen LogP contribution is -2.31. The number of aromatic nitrogens is 2. The number of hydrogen-bond donors (Lipinski definition) is 2. The van der Waals surface area contributed by atoms with E-state index in [0.717, 1.165) is 25.9 Å². The highest BCUT2D eigenvalue weighted by Crippen LogP contribution is 2.23. The summed E-state index contributed by atoms with van der Waals surface area (Å²) in [6.07, 6.45) is 3.76. The third-order valence-corrected chi connectivity index (χ3v) is 3.83. The van der Waals surface area contributed by atoms with Crippen molar-refractivity contribution >= 4 is 11.6 Å². The Morgan fingerprint density at radius 1 is 1.60 bits per heavy atom. The van der Waals surface area contributed by atoms with E-state index in [1.54, 1.807) is 6.20 Å². The second-order valence-electron chi connectivity index (χ2n) is 5.60. The first kappa shape index (κ1) is 14.7. The molecule has 1 amide bonds. The number of nitrogen functional groups attached to an aromatic ring is 1. The number of likely N-dealkylation sites (tertiary alicyclic amines) is 1. The van der Waals surface area contributed by atoms with Crippen molar-refractivity contribution < 1.29 is 4.79 Å². The van der Waals surface area contributed by atoms with Crippen LogP contribution >= 0.6 is 0 Å². The van der Waals surface area contributed by atoms with Crippen LogP contribution < -0.4 is 11.3 Å². The van der Waals surface area contributed by atoms with E-state index >= 15 is 0 Å². The zero-order valence-corrected chi connectivity index (χ0v) is 12.4. The van der Waals surface area contributed by atoms with Gasteiger partial charge in [-0.2, -0.15) is 0 Å². The first-order valence-corrected chi connectivity index (χ1v) is 7.19. The molecule has 2 rings (SSSR count).